The molecular formula is C6H12ClNO. The fraction of sp³-hybridized carbons (Fsp3) is 0.667. The molecule has 0 saturated carbocycles. The van der Waals surface area contributed by atoms with Crippen LogP contribution in [0.5, 0.6) is 0 Å². The molecule has 0 fully saturated rings. The van der Waals surface area contributed by atoms with Crippen LogP contribution in [-0.4, -0.2) is 17.3 Å². The molecule has 1 rings (SSSR count). The predicted molar refractivity (Wildman–Crippen MR) is 39.6 cm³/mol. The van der Waals surface area contributed by atoms with Crippen LogP contribution in [0.25, 0.3) is 0 Å². The van der Waals surface area contributed by atoms with Crippen LogP contribution >= 0.6 is 12.4 Å². The van der Waals surface area contributed by atoms with Gasteiger partial charge in [0.05, 0.1) is 6.10 Å². The van der Waals surface area contributed by atoms with Crippen molar-refractivity contribution in [2.75, 3.05) is 0 Å². The number of hydrogen-bond donors (Lipinski definition) is 2. The molecule has 0 aromatic rings. The Bertz CT molecular complexity index is 93.2. The molecule has 1 aliphatic carbocycles. The molecule has 0 amide bonds. The first-order valence-electron chi connectivity index (χ1n) is 2.89. The summed E-state index contributed by atoms with van der Waals surface area (Å²) in [7, 11) is 0. The highest BCUT2D eigenvalue weighted by Gasteiger charge is 2.13. The number of halogens is 1. The van der Waals surface area contributed by atoms with Gasteiger partial charge in [-0.3, -0.25) is 0 Å². The molecule has 0 bridgehead atoms. The van der Waals surface area contributed by atoms with E-state index in [2.05, 4.69) is 0 Å². The number of rotatable bonds is 0. The summed E-state index contributed by atoms with van der Waals surface area (Å²) >= 11 is 0. The minimum atomic E-state index is -0.306. The summed E-state index contributed by atoms with van der Waals surface area (Å²) in [5.74, 6) is 0. The van der Waals surface area contributed by atoms with E-state index in [-0.39, 0.29) is 24.6 Å². The van der Waals surface area contributed by atoms with Crippen LogP contribution in [0.2, 0.25) is 0 Å². The fourth-order valence-electron chi connectivity index (χ4n) is 0.821. The molecule has 54 valence electrons. The van der Waals surface area contributed by atoms with E-state index in [1.165, 1.54) is 0 Å². The Balaban J connectivity index is 0.000000640. The lowest BCUT2D eigenvalue weighted by Gasteiger charge is -2.18. The molecular weight excluding hydrogens is 138 g/mol. The zero-order valence-corrected chi connectivity index (χ0v) is 5.97. The monoisotopic (exact) mass is 149 g/mol. The Morgan fingerprint density at radius 2 is 1.89 bits per heavy atom. The number of aliphatic hydroxyl groups is 1. The normalized spacial score (nSPS) is 33.6. The first-order valence-corrected chi connectivity index (χ1v) is 2.89. The summed E-state index contributed by atoms with van der Waals surface area (Å²) in [5.41, 5.74) is 5.48. The molecule has 0 aromatic heterocycles. The van der Waals surface area contributed by atoms with Crippen LogP contribution in [0.4, 0.5) is 0 Å². The topological polar surface area (TPSA) is 46.2 Å². The Morgan fingerprint density at radius 1 is 1.33 bits per heavy atom. The summed E-state index contributed by atoms with van der Waals surface area (Å²) in [4.78, 5) is 0. The van der Waals surface area contributed by atoms with Crippen molar-refractivity contribution in [3.05, 3.63) is 12.2 Å². The number of hydrogen-bond acceptors (Lipinski definition) is 2. The second-order valence-electron chi connectivity index (χ2n) is 2.17. The lowest BCUT2D eigenvalue weighted by Crippen LogP contribution is -2.35. The Labute approximate surface area is 61.2 Å². The average Bonchev–Trinajstić information content (AvgIpc) is 1.77. The third-order valence-electron chi connectivity index (χ3n) is 1.45. The third-order valence-corrected chi connectivity index (χ3v) is 1.45. The van der Waals surface area contributed by atoms with Gasteiger partial charge in [-0.1, -0.05) is 12.2 Å². The molecule has 0 radical (unpaired) electrons. The van der Waals surface area contributed by atoms with Gasteiger partial charge in [-0.2, -0.15) is 0 Å². The Hall–Kier alpha value is -0.0500. The maximum atomic E-state index is 9.00. The summed E-state index contributed by atoms with van der Waals surface area (Å²) in [6.45, 7) is 0. The van der Waals surface area contributed by atoms with E-state index in [0.717, 1.165) is 12.8 Å². The van der Waals surface area contributed by atoms with Crippen molar-refractivity contribution in [2.24, 2.45) is 5.73 Å². The van der Waals surface area contributed by atoms with Crippen molar-refractivity contribution < 1.29 is 5.11 Å². The molecule has 1 aliphatic rings. The maximum absolute atomic E-state index is 9.00. The van der Waals surface area contributed by atoms with Gasteiger partial charge in [-0.05, 0) is 12.8 Å². The van der Waals surface area contributed by atoms with E-state index in [1.54, 1.807) is 0 Å². The first-order chi connectivity index (χ1) is 3.80. The van der Waals surface area contributed by atoms with Gasteiger partial charge in [0.15, 0.2) is 0 Å². The van der Waals surface area contributed by atoms with Crippen LogP contribution < -0.4 is 5.73 Å². The summed E-state index contributed by atoms with van der Waals surface area (Å²) in [6.07, 6.45) is 5.22. The standard InChI is InChI=1S/C6H11NO.ClH/c7-5-3-1-2-4-6(5)8;/h1-2,5-6,8H,3-4,7H2;1H. The largest absolute Gasteiger partial charge is 0.391 e. The lowest BCUT2D eigenvalue weighted by molar-refractivity contribution is 0.143. The highest BCUT2D eigenvalue weighted by atomic mass is 35.5. The lowest BCUT2D eigenvalue weighted by atomic mass is 10.0. The van der Waals surface area contributed by atoms with Crippen LogP contribution in [0, 0.1) is 0 Å². The van der Waals surface area contributed by atoms with Gasteiger partial charge >= 0.3 is 0 Å². The maximum Gasteiger partial charge on any atom is 0.0728 e. The highest BCUT2D eigenvalue weighted by Crippen LogP contribution is 2.08. The van der Waals surface area contributed by atoms with Gasteiger partial charge in [0.25, 0.3) is 0 Å². The van der Waals surface area contributed by atoms with Gasteiger partial charge in [-0.25, -0.2) is 0 Å². The molecule has 3 heteroatoms. The van der Waals surface area contributed by atoms with E-state index in [0.29, 0.717) is 0 Å². The Morgan fingerprint density at radius 3 is 2.22 bits per heavy atom. The molecule has 0 spiro atoms. The molecule has 0 saturated heterocycles. The molecule has 2 unspecified atom stereocenters. The predicted octanol–water partition coefficient (Wildman–Crippen LogP) is 0.446. The van der Waals surface area contributed by atoms with E-state index in [4.69, 9.17) is 10.8 Å². The van der Waals surface area contributed by atoms with Crippen LogP contribution in [0.15, 0.2) is 12.2 Å². The van der Waals surface area contributed by atoms with Crippen molar-refractivity contribution in [1.82, 2.24) is 0 Å². The minimum absolute atomic E-state index is 0. The second-order valence-corrected chi connectivity index (χ2v) is 2.17. The van der Waals surface area contributed by atoms with E-state index in [9.17, 15) is 0 Å². The molecule has 2 atom stereocenters. The van der Waals surface area contributed by atoms with Crippen LogP contribution in [-0.2, 0) is 0 Å². The van der Waals surface area contributed by atoms with Crippen molar-refractivity contribution in [2.45, 2.75) is 25.0 Å². The smallest absolute Gasteiger partial charge is 0.0728 e. The molecule has 0 aliphatic heterocycles. The van der Waals surface area contributed by atoms with Crippen LogP contribution in [0.3, 0.4) is 0 Å². The summed E-state index contributed by atoms with van der Waals surface area (Å²) < 4.78 is 0. The van der Waals surface area contributed by atoms with Gasteiger partial charge in [-0.15, -0.1) is 12.4 Å². The van der Waals surface area contributed by atoms with E-state index >= 15 is 0 Å². The quantitative estimate of drug-likeness (QED) is 0.492. The first kappa shape index (κ1) is 8.95. The average molecular weight is 150 g/mol. The molecule has 0 heterocycles. The van der Waals surface area contributed by atoms with Gasteiger partial charge in [0.1, 0.15) is 0 Å². The van der Waals surface area contributed by atoms with Gasteiger partial charge in [0, 0.05) is 6.04 Å². The molecule has 2 nitrogen and oxygen atoms in total. The Kier molecular flexibility index (Phi) is 3.86. The van der Waals surface area contributed by atoms with Crippen LogP contribution in [0.1, 0.15) is 12.8 Å². The van der Waals surface area contributed by atoms with Gasteiger partial charge in [0.2, 0.25) is 0 Å². The van der Waals surface area contributed by atoms with E-state index in [1.807, 2.05) is 12.2 Å². The van der Waals surface area contributed by atoms with Crippen molar-refractivity contribution >= 4 is 12.4 Å². The zero-order valence-electron chi connectivity index (χ0n) is 5.16. The third kappa shape index (κ3) is 2.35. The summed E-state index contributed by atoms with van der Waals surface area (Å²) in [5, 5.41) is 9.00. The second kappa shape index (κ2) is 3.88. The highest BCUT2D eigenvalue weighted by molar-refractivity contribution is 5.85. The van der Waals surface area contributed by atoms with Crippen molar-refractivity contribution in [3.63, 3.8) is 0 Å². The summed E-state index contributed by atoms with van der Waals surface area (Å²) in [6, 6.07) is -0.0278. The zero-order chi connectivity index (χ0) is 5.98. The fourth-order valence-corrected chi connectivity index (χ4v) is 0.821. The van der Waals surface area contributed by atoms with Crippen molar-refractivity contribution in [3.8, 4) is 0 Å². The number of nitrogens with two attached hydrogens (primary N) is 1. The van der Waals surface area contributed by atoms with Gasteiger partial charge < -0.3 is 10.8 Å². The molecule has 0 aromatic carbocycles. The number of aliphatic hydroxyl groups excluding tert-OH is 1. The SMILES string of the molecule is Cl.NC1CC=CCC1O. The molecule has 9 heavy (non-hydrogen) atoms. The van der Waals surface area contributed by atoms with E-state index < -0.39 is 0 Å². The minimum Gasteiger partial charge on any atom is -0.391 e. The molecule has 3 N–H and O–H groups in total. The van der Waals surface area contributed by atoms with Crippen molar-refractivity contribution in [1.29, 1.82) is 0 Å².